The molecule has 3 aromatic carbocycles. The molecule has 0 bridgehead atoms. The molecule has 2 heterocycles. The summed E-state index contributed by atoms with van der Waals surface area (Å²) in [6.07, 6.45) is 1.69. The normalized spacial score (nSPS) is 13.7. The Morgan fingerprint density at radius 3 is 2.73 bits per heavy atom. The lowest BCUT2D eigenvalue weighted by molar-refractivity contribution is -0.166. The Labute approximate surface area is 216 Å². The van der Waals surface area contributed by atoms with Crippen molar-refractivity contribution in [3.63, 3.8) is 0 Å². The van der Waals surface area contributed by atoms with Crippen molar-refractivity contribution in [1.82, 2.24) is 4.98 Å². The number of carbonyl (C=O) groups is 1. The third kappa shape index (κ3) is 4.52. The first kappa shape index (κ1) is 24.7. The van der Waals surface area contributed by atoms with Crippen LogP contribution in [-0.2, 0) is 20.7 Å². The minimum atomic E-state index is -0.947. The Kier molecular flexibility index (Phi) is 6.35. The van der Waals surface area contributed by atoms with Gasteiger partial charge in [-0.25, -0.2) is 4.79 Å². The van der Waals surface area contributed by atoms with Crippen molar-refractivity contribution in [2.75, 3.05) is 13.2 Å². The second kappa shape index (κ2) is 9.49. The Hall–Kier alpha value is -3.95. The fourth-order valence-corrected chi connectivity index (χ4v) is 5.16. The van der Waals surface area contributed by atoms with Crippen molar-refractivity contribution in [2.45, 2.75) is 52.7 Å². The smallest absolute Gasteiger partial charge is 0.339 e. The molecule has 4 aromatic rings. The number of aryl methyl sites for hydroxylation is 1. The molecule has 1 aliphatic heterocycles. The fourth-order valence-electron chi connectivity index (χ4n) is 5.16. The molecule has 0 saturated heterocycles. The van der Waals surface area contributed by atoms with Crippen LogP contribution >= 0.6 is 0 Å². The average molecular weight is 495 g/mol. The van der Waals surface area contributed by atoms with Crippen LogP contribution in [0, 0.1) is 18.3 Å². The number of benzene rings is 3. The summed E-state index contributed by atoms with van der Waals surface area (Å²) in [6.45, 7) is 10.4. The Morgan fingerprint density at radius 1 is 1.19 bits per heavy atom. The molecule has 0 saturated carbocycles. The minimum Gasteiger partial charge on any atom is -0.493 e. The lowest BCUT2D eigenvalue weighted by atomic mass is 9.85. The highest BCUT2D eigenvalue weighted by atomic mass is 16.6. The number of fused-ring (bicyclic) bond motifs is 1. The Bertz CT molecular complexity index is 1570. The molecule has 0 radical (unpaired) electrons. The van der Waals surface area contributed by atoms with Gasteiger partial charge in [0.2, 0.25) is 0 Å². The topological polar surface area (TPSA) is 81.4 Å². The maximum atomic E-state index is 13.4. The van der Waals surface area contributed by atoms with Gasteiger partial charge >= 0.3 is 5.97 Å². The summed E-state index contributed by atoms with van der Waals surface area (Å²) in [7, 11) is 0. The first-order chi connectivity index (χ1) is 17.7. The average Bonchev–Trinajstić information content (AvgIpc) is 2.87. The van der Waals surface area contributed by atoms with Gasteiger partial charge in [-0.2, -0.15) is 5.26 Å². The van der Waals surface area contributed by atoms with Gasteiger partial charge in [-0.1, -0.05) is 12.1 Å². The lowest BCUT2D eigenvalue weighted by Crippen LogP contribution is -2.29. The van der Waals surface area contributed by atoms with E-state index in [-0.39, 0.29) is 6.61 Å². The van der Waals surface area contributed by atoms with E-state index in [1.165, 1.54) is 5.56 Å². The zero-order chi connectivity index (χ0) is 26.3. The number of hydrogen-bond donors (Lipinski definition) is 0. The Morgan fingerprint density at radius 2 is 2.00 bits per heavy atom. The number of ether oxygens (including phenoxy) is 3. The zero-order valence-corrected chi connectivity index (χ0v) is 21.8. The summed E-state index contributed by atoms with van der Waals surface area (Å²) in [4.78, 5) is 18.2. The molecule has 5 rings (SSSR count). The standard InChI is InChI=1S/C31H30N2O4/c1-6-35-30(34)29(37-31(3,4)5)25-18(2)15-21-16-19(17-32)7-8-22(21)27(25)23-9-10-24-26-20(12-14-36-24)11-13-33-28(23)26/h7-11,13,15-16,29H,6,12,14H2,1-5H3. The molecular weight excluding hydrogens is 464 g/mol. The molecule has 1 atom stereocenters. The van der Waals surface area contributed by atoms with Crippen molar-refractivity contribution >= 4 is 27.6 Å². The van der Waals surface area contributed by atoms with Crippen LogP contribution in [0.1, 0.15) is 56.1 Å². The zero-order valence-electron chi connectivity index (χ0n) is 21.8. The predicted octanol–water partition coefficient (Wildman–Crippen LogP) is 6.59. The van der Waals surface area contributed by atoms with Crippen LogP contribution in [0.4, 0.5) is 0 Å². The van der Waals surface area contributed by atoms with Gasteiger partial charge in [0.15, 0.2) is 6.10 Å². The third-order valence-electron chi connectivity index (χ3n) is 6.59. The van der Waals surface area contributed by atoms with E-state index in [1.54, 1.807) is 13.0 Å². The van der Waals surface area contributed by atoms with E-state index in [0.29, 0.717) is 12.2 Å². The number of nitrogens with zero attached hydrogens (tertiary/aromatic N) is 2. The molecule has 0 aliphatic carbocycles. The van der Waals surface area contributed by atoms with E-state index in [9.17, 15) is 10.1 Å². The van der Waals surface area contributed by atoms with Crippen LogP contribution in [-0.4, -0.2) is 29.8 Å². The summed E-state index contributed by atoms with van der Waals surface area (Å²) in [5.41, 5.74) is 5.31. The highest BCUT2D eigenvalue weighted by Gasteiger charge is 2.33. The number of hydrogen-bond acceptors (Lipinski definition) is 6. The van der Waals surface area contributed by atoms with E-state index in [2.05, 4.69) is 6.07 Å². The van der Waals surface area contributed by atoms with Crippen molar-refractivity contribution in [3.05, 3.63) is 70.9 Å². The number of rotatable bonds is 5. The van der Waals surface area contributed by atoms with Gasteiger partial charge in [0, 0.05) is 29.1 Å². The van der Waals surface area contributed by atoms with E-state index in [1.807, 2.05) is 70.3 Å². The summed E-state index contributed by atoms with van der Waals surface area (Å²) in [5.74, 6) is 0.375. The van der Waals surface area contributed by atoms with E-state index < -0.39 is 17.7 Å². The van der Waals surface area contributed by atoms with Crippen LogP contribution in [0.25, 0.3) is 32.8 Å². The van der Waals surface area contributed by atoms with Gasteiger partial charge in [-0.15, -0.1) is 0 Å². The third-order valence-corrected chi connectivity index (χ3v) is 6.59. The van der Waals surface area contributed by atoms with Crippen LogP contribution in [0.5, 0.6) is 5.75 Å². The molecular formula is C31H30N2O4. The van der Waals surface area contributed by atoms with Crippen molar-refractivity contribution in [1.29, 1.82) is 5.26 Å². The molecule has 6 nitrogen and oxygen atoms in total. The molecule has 6 heteroatoms. The van der Waals surface area contributed by atoms with Gasteiger partial charge in [0.1, 0.15) is 5.75 Å². The highest BCUT2D eigenvalue weighted by molar-refractivity contribution is 6.09. The monoisotopic (exact) mass is 494 g/mol. The van der Waals surface area contributed by atoms with Crippen molar-refractivity contribution in [2.24, 2.45) is 0 Å². The largest absolute Gasteiger partial charge is 0.493 e. The molecule has 0 N–H and O–H groups in total. The van der Waals surface area contributed by atoms with Gasteiger partial charge in [0.25, 0.3) is 0 Å². The number of pyridine rings is 1. The molecule has 0 spiro atoms. The SMILES string of the molecule is CCOC(=O)C(OC(C)(C)C)c1c(C)cc2cc(C#N)ccc2c1-c1ccc2c3c(ccnc13)CCO2. The van der Waals surface area contributed by atoms with Gasteiger partial charge in [-0.05, 0) is 92.4 Å². The summed E-state index contributed by atoms with van der Waals surface area (Å²) in [6, 6.07) is 15.9. The second-order valence-electron chi connectivity index (χ2n) is 10.3. The molecule has 1 aliphatic rings. The predicted molar refractivity (Wildman–Crippen MR) is 144 cm³/mol. The summed E-state index contributed by atoms with van der Waals surface area (Å²) >= 11 is 0. The van der Waals surface area contributed by atoms with Crippen LogP contribution < -0.4 is 4.74 Å². The molecule has 1 unspecified atom stereocenters. The molecule has 37 heavy (non-hydrogen) atoms. The van der Waals surface area contributed by atoms with Crippen LogP contribution in [0.3, 0.4) is 0 Å². The number of nitriles is 1. The number of esters is 1. The Balaban J connectivity index is 1.90. The van der Waals surface area contributed by atoms with Crippen LogP contribution in [0.2, 0.25) is 0 Å². The quantitative estimate of drug-likeness (QED) is 0.291. The number of carbonyl (C=O) groups excluding carboxylic acids is 1. The van der Waals surface area contributed by atoms with Gasteiger partial charge in [-0.3, -0.25) is 4.98 Å². The minimum absolute atomic E-state index is 0.246. The fraction of sp³-hybridized carbons (Fsp3) is 0.323. The summed E-state index contributed by atoms with van der Waals surface area (Å²) < 4.78 is 17.9. The maximum absolute atomic E-state index is 13.4. The summed E-state index contributed by atoms with van der Waals surface area (Å²) in [5, 5.41) is 12.3. The van der Waals surface area contributed by atoms with E-state index >= 15 is 0 Å². The molecule has 0 fully saturated rings. The number of aromatic nitrogens is 1. The highest BCUT2D eigenvalue weighted by Crippen LogP contribution is 2.45. The first-order valence-corrected chi connectivity index (χ1v) is 12.6. The van der Waals surface area contributed by atoms with Gasteiger partial charge < -0.3 is 14.2 Å². The van der Waals surface area contributed by atoms with Crippen molar-refractivity contribution in [3.8, 4) is 22.9 Å². The van der Waals surface area contributed by atoms with E-state index in [0.717, 1.165) is 56.1 Å². The molecule has 1 aromatic heterocycles. The maximum Gasteiger partial charge on any atom is 0.339 e. The first-order valence-electron chi connectivity index (χ1n) is 12.6. The lowest BCUT2D eigenvalue weighted by Gasteiger charge is -2.30. The van der Waals surface area contributed by atoms with Gasteiger partial charge in [0.05, 0.1) is 36.0 Å². The van der Waals surface area contributed by atoms with E-state index in [4.69, 9.17) is 19.2 Å². The van der Waals surface area contributed by atoms with Crippen molar-refractivity contribution < 1.29 is 19.0 Å². The molecule has 188 valence electrons. The second-order valence-corrected chi connectivity index (χ2v) is 10.3. The molecule has 0 amide bonds. The van der Waals surface area contributed by atoms with Crippen LogP contribution in [0.15, 0.2) is 48.7 Å².